The highest BCUT2D eigenvalue weighted by Gasteiger charge is 2.22. The van der Waals surface area contributed by atoms with Crippen LogP contribution >= 0.6 is 11.3 Å². The second-order valence-corrected chi connectivity index (χ2v) is 5.36. The van der Waals surface area contributed by atoms with E-state index in [9.17, 15) is 4.79 Å². The van der Waals surface area contributed by atoms with Gasteiger partial charge in [0.2, 0.25) is 0 Å². The number of hydrogen-bond acceptors (Lipinski definition) is 5. The van der Waals surface area contributed by atoms with E-state index in [0.717, 1.165) is 30.1 Å². The number of thiazole rings is 1. The molecule has 1 aliphatic rings. The van der Waals surface area contributed by atoms with Crippen LogP contribution < -0.4 is 5.32 Å². The monoisotopic (exact) mass is 254 g/mol. The average molecular weight is 254 g/mol. The fraction of sp³-hybridized carbons (Fsp3) is 0.667. The van der Waals surface area contributed by atoms with E-state index >= 15 is 0 Å². The number of aryl methyl sites for hydroxylation is 1. The number of carbonyl (C=O) groups is 1. The van der Waals surface area contributed by atoms with Gasteiger partial charge in [0.05, 0.1) is 12.8 Å². The molecule has 1 aliphatic carbocycles. The lowest BCUT2D eigenvalue weighted by Gasteiger charge is -1.97. The first kappa shape index (κ1) is 12.5. The molecule has 0 amide bonds. The summed E-state index contributed by atoms with van der Waals surface area (Å²) in [7, 11) is 1.42. The third kappa shape index (κ3) is 3.26. The van der Waals surface area contributed by atoms with Crippen LogP contribution in [-0.2, 0) is 17.7 Å². The number of rotatable bonds is 6. The number of esters is 1. The number of nitrogens with one attached hydrogen (secondary N) is 1. The van der Waals surface area contributed by atoms with E-state index in [1.807, 2.05) is 0 Å². The fourth-order valence-corrected chi connectivity index (χ4v) is 2.63. The molecular weight excluding hydrogens is 236 g/mol. The van der Waals surface area contributed by atoms with Crippen molar-refractivity contribution in [3.8, 4) is 0 Å². The van der Waals surface area contributed by atoms with Gasteiger partial charge in [0.15, 0.2) is 0 Å². The van der Waals surface area contributed by atoms with Crippen molar-refractivity contribution in [2.75, 3.05) is 7.11 Å². The Morgan fingerprint density at radius 1 is 1.59 bits per heavy atom. The lowest BCUT2D eigenvalue weighted by Crippen LogP contribution is -2.15. The maximum atomic E-state index is 11.6. The normalized spacial score (nSPS) is 14.9. The average Bonchev–Trinajstić information content (AvgIpc) is 3.08. The van der Waals surface area contributed by atoms with Crippen LogP contribution in [-0.4, -0.2) is 24.1 Å². The van der Waals surface area contributed by atoms with Crippen LogP contribution in [0.25, 0.3) is 0 Å². The largest absolute Gasteiger partial charge is 0.465 e. The Hall–Kier alpha value is -0.940. The second-order valence-electron chi connectivity index (χ2n) is 4.28. The SMILES string of the molecule is CCCc1nc(CNC2CC2)sc1C(=O)OC. The van der Waals surface area contributed by atoms with Gasteiger partial charge in [0, 0.05) is 12.6 Å². The molecule has 0 aromatic carbocycles. The van der Waals surface area contributed by atoms with Gasteiger partial charge in [-0.25, -0.2) is 9.78 Å². The van der Waals surface area contributed by atoms with Gasteiger partial charge in [-0.2, -0.15) is 0 Å². The molecule has 1 heterocycles. The maximum Gasteiger partial charge on any atom is 0.349 e. The van der Waals surface area contributed by atoms with Gasteiger partial charge in [0.1, 0.15) is 9.88 Å². The highest BCUT2D eigenvalue weighted by molar-refractivity contribution is 7.13. The second kappa shape index (κ2) is 5.60. The minimum atomic E-state index is -0.261. The van der Waals surface area contributed by atoms with E-state index in [0.29, 0.717) is 10.9 Å². The van der Waals surface area contributed by atoms with E-state index in [4.69, 9.17) is 4.74 Å². The number of nitrogens with zero attached hydrogens (tertiary/aromatic N) is 1. The molecule has 2 rings (SSSR count). The van der Waals surface area contributed by atoms with Gasteiger partial charge in [-0.3, -0.25) is 0 Å². The standard InChI is InChI=1S/C12H18N2O2S/c1-3-4-9-11(12(15)16-2)17-10(14-9)7-13-8-5-6-8/h8,13H,3-7H2,1-2H3. The minimum absolute atomic E-state index is 0.261. The first-order valence-electron chi connectivity index (χ1n) is 6.04. The van der Waals surface area contributed by atoms with E-state index in [-0.39, 0.29) is 5.97 Å². The summed E-state index contributed by atoms with van der Waals surface area (Å²) in [5, 5.41) is 4.40. The molecule has 0 atom stereocenters. The molecule has 17 heavy (non-hydrogen) atoms. The molecule has 0 spiro atoms. The van der Waals surface area contributed by atoms with E-state index in [1.165, 1.54) is 31.3 Å². The van der Waals surface area contributed by atoms with E-state index in [1.54, 1.807) is 0 Å². The summed E-state index contributed by atoms with van der Waals surface area (Å²) in [5.41, 5.74) is 0.886. The number of hydrogen-bond donors (Lipinski definition) is 1. The predicted octanol–water partition coefficient (Wildman–Crippen LogP) is 2.13. The summed E-state index contributed by atoms with van der Waals surface area (Å²) in [5.74, 6) is -0.261. The summed E-state index contributed by atoms with van der Waals surface area (Å²) < 4.78 is 4.79. The lowest BCUT2D eigenvalue weighted by molar-refractivity contribution is 0.0605. The van der Waals surface area contributed by atoms with Crippen molar-refractivity contribution in [2.45, 2.75) is 45.2 Å². The maximum absolute atomic E-state index is 11.6. The van der Waals surface area contributed by atoms with Crippen LogP contribution in [0.5, 0.6) is 0 Å². The van der Waals surface area contributed by atoms with E-state index in [2.05, 4.69) is 17.2 Å². The van der Waals surface area contributed by atoms with Crippen LogP contribution in [0.15, 0.2) is 0 Å². The molecule has 1 aromatic heterocycles. The molecule has 0 saturated heterocycles. The Kier molecular flexibility index (Phi) is 4.12. The third-order valence-corrected chi connectivity index (χ3v) is 3.80. The van der Waals surface area contributed by atoms with Crippen molar-refractivity contribution < 1.29 is 9.53 Å². The zero-order valence-electron chi connectivity index (χ0n) is 10.3. The molecule has 4 nitrogen and oxygen atoms in total. The summed E-state index contributed by atoms with van der Waals surface area (Å²) in [4.78, 5) is 16.8. The first-order valence-corrected chi connectivity index (χ1v) is 6.86. The van der Waals surface area contributed by atoms with Gasteiger partial charge in [0.25, 0.3) is 0 Å². The topological polar surface area (TPSA) is 51.2 Å². The number of carbonyl (C=O) groups excluding carboxylic acids is 1. The van der Waals surface area contributed by atoms with Gasteiger partial charge < -0.3 is 10.1 Å². The predicted molar refractivity (Wildman–Crippen MR) is 67.3 cm³/mol. The van der Waals surface area contributed by atoms with Crippen molar-refractivity contribution >= 4 is 17.3 Å². The molecule has 1 saturated carbocycles. The summed E-state index contributed by atoms with van der Waals surface area (Å²) in [6.45, 7) is 2.85. The summed E-state index contributed by atoms with van der Waals surface area (Å²) in [6.07, 6.45) is 4.35. The number of ether oxygens (including phenoxy) is 1. The molecule has 0 bridgehead atoms. The summed E-state index contributed by atoms with van der Waals surface area (Å²) >= 11 is 1.45. The quantitative estimate of drug-likeness (QED) is 0.790. The summed E-state index contributed by atoms with van der Waals surface area (Å²) in [6, 6.07) is 0.662. The molecule has 1 fully saturated rings. The first-order chi connectivity index (χ1) is 8.24. The van der Waals surface area contributed by atoms with Crippen molar-refractivity contribution in [1.29, 1.82) is 0 Å². The van der Waals surface area contributed by atoms with Gasteiger partial charge in [-0.15, -0.1) is 11.3 Å². The Labute approximate surface area is 105 Å². The van der Waals surface area contributed by atoms with Crippen molar-refractivity contribution in [2.24, 2.45) is 0 Å². The molecular formula is C12H18N2O2S. The molecule has 0 aliphatic heterocycles. The zero-order chi connectivity index (χ0) is 12.3. The van der Waals surface area contributed by atoms with Crippen molar-refractivity contribution in [3.63, 3.8) is 0 Å². The van der Waals surface area contributed by atoms with Crippen molar-refractivity contribution in [1.82, 2.24) is 10.3 Å². The minimum Gasteiger partial charge on any atom is -0.465 e. The van der Waals surface area contributed by atoms with Gasteiger partial charge >= 0.3 is 5.97 Å². The smallest absolute Gasteiger partial charge is 0.349 e. The number of methoxy groups -OCH3 is 1. The third-order valence-electron chi connectivity index (χ3n) is 2.72. The fourth-order valence-electron chi connectivity index (χ4n) is 1.65. The Bertz CT molecular complexity index is 399. The molecule has 1 N–H and O–H groups in total. The molecule has 94 valence electrons. The molecule has 1 aromatic rings. The van der Waals surface area contributed by atoms with Crippen molar-refractivity contribution in [3.05, 3.63) is 15.6 Å². The molecule has 5 heteroatoms. The highest BCUT2D eigenvalue weighted by Crippen LogP contribution is 2.23. The Morgan fingerprint density at radius 2 is 2.35 bits per heavy atom. The Morgan fingerprint density at radius 3 is 2.94 bits per heavy atom. The van der Waals surface area contributed by atoms with Gasteiger partial charge in [-0.1, -0.05) is 13.3 Å². The molecule has 0 unspecified atom stereocenters. The highest BCUT2D eigenvalue weighted by atomic mass is 32.1. The van der Waals surface area contributed by atoms with Crippen LogP contribution in [0.2, 0.25) is 0 Å². The van der Waals surface area contributed by atoms with Crippen LogP contribution in [0.4, 0.5) is 0 Å². The number of aromatic nitrogens is 1. The van der Waals surface area contributed by atoms with Gasteiger partial charge in [-0.05, 0) is 19.3 Å². The Balaban J connectivity index is 2.07. The van der Waals surface area contributed by atoms with Crippen LogP contribution in [0.3, 0.4) is 0 Å². The van der Waals surface area contributed by atoms with Crippen LogP contribution in [0.1, 0.15) is 46.6 Å². The van der Waals surface area contributed by atoms with E-state index < -0.39 is 0 Å². The zero-order valence-corrected chi connectivity index (χ0v) is 11.1. The van der Waals surface area contributed by atoms with Crippen LogP contribution in [0, 0.1) is 0 Å². The molecule has 0 radical (unpaired) electrons. The lowest BCUT2D eigenvalue weighted by atomic mass is 10.2.